The Bertz CT molecular complexity index is 439. The lowest BCUT2D eigenvalue weighted by Gasteiger charge is -2.39. The van der Waals surface area contributed by atoms with Crippen molar-refractivity contribution in [2.75, 3.05) is 31.1 Å². The van der Waals surface area contributed by atoms with Crippen LogP contribution in [0, 0.1) is 6.92 Å². The number of aryl methyl sites for hydroxylation is 2. The summed E-state index contributed by atoms with van der Waals surface area (Å²) in [6.07, 6.45) is 2.69. The van der Waals surface area contributed by atoms with Crippen LogP contribution in [0.4, 0.5) is 5.82 Å². The molecule has 1 unspecified atom stereocenters. The summed E-state index contributed by atoms with van der Waals surface area (Å²) >= 11 is 0. The van der Waals surface area contributed by atoms with Gasteiger partial charge in [0.2, 0.25) is 0 Å². The summed E-state index contributed by atoms with van der Waals surface area (Å²) in [5.74, 6) is 1.24. The highest BCUT2D eigenvalue weighted by molar-refractivity contribution is 5.50. The molecule has 0 aliphatic carbocycles. The van der Waals surface area contributed by atoms with E-state index in [1.807, 2.05) is 11.7 Å². The van der Waals surface area contributed by atoms with Crippen LogP contribution in [-0.4, -0.2) is 46.9 Å². The van der Waals surface area contributed by atoms with Crippen molar-refractivity contribution in [1.29, 1.82) is 0 Å². The van der Waals surface area contributed by atoms with E-state index in [1.165, 1.54) is 37.3 Å². The number of hydrogen-bond donors (Lipinski definition) is 1. The molecule has 0 amide bonds. The lowest BCUT2D eigenvalue weighted by atomic mass is 10.1. The summed E-state index contributed by atoms with van der Waals surface area (Å²) in [7, 11) is 2.03. The average molecular weight is 249 g/mol. The molecule has 0 aromatic carbocycles. The normalized spacial score (nSPS) is 24.6. The Morgan fingerprint density at radius 1 is 1.33 bits per heavy atom. The summed E-state index contributed by atoms with van der Waals surface area (Å²) in [5.41, 5.74) is 8.17. The molecule has 2 N–H and O–H groups in total. The number of nitrogens with two attached hydrogens (primary N) is 1. The van der Waals surface area contributed by atoms with Gasteiger partial charge < -0.3 is 10.6 Å². The highest BCUT2D eigenvalue weighted by Crippen LogP contribution is 2.28. The van der Waals surface area contributed by atoms with Crippen LogP contribution in [0.25, 0.3) is 0 Å². The van der Waals surface area contributed by atoms with Crippen molar-refractivity contribution in [1.82, 2.24) is 14.7 Å². The van der Waals surface area contributed by atoms with Gasteiger partial charge in [0, 0.05) is 44.8 Å². The Balaban J connectivity index is 1.86. The zero-order chi connectivity index (χ0) is 12.7. The molecule has 0 spiro atoms. The number of rotatable bonds is 2. The Morgan fingerprint density at radius 3 is 2.94 bits per heavy atom. The molecule has 0 saturated carbocycles. The minimum atomic E-state index is 0.583. The molecule has 2 aliphatic rings. The van der Waals surface area contributed by atoms with Crippen LogP contribution in [0.15, 0.2) is 0 Å². The Morgan fingerprint density at radius 2 is 2.17 bits per heavy atom. The molecule has 5 nitrogen and oxygen atoms in total. The summed E-state index contributed by atoms with van der Waals surface area (Å²) < 4.78 is 2.00. The second-order valence-electron chi connectivity index (χ2n) is 5.49. The molecule has 0 radical (unpaired) electrons. The largest absolute Gasteiger partial charge is 0.354 e. The van der Waals surface area contributed by atoms with Gasteiger partial charge in [-0.25, -0.2) is 0 Å². The monoisotopic (exact) mass is 249 g/mol. The summed E-state index contributed by atoms with van der Waals surface area (Å²) in [6, 6.07) is 0.736. The SMILES string of the molecule is Cc1nn(C)c(N2CCN3CCCC3C2)c1CN. The number of hydrogen-bond acceptors (Lipinski definition) is 4. The molecule has 3 heterocycles. The van der Waals surface area contributed by atoms with Crippen LogP contribution < -0.4 is 10.6 Å². The van der Waals surface area contributed by atoms with E-state index in [1.54, 1.807) is 0 Å². The van der Waals surface area contributed by atoms with Crippen molar-refractivity contribution in [3.05, 3.63) is 11.3 Å². The van der Waals surface area contributed by atoms with Gasteiger partial charge in [0.05, 0.1) is 5.69 Å². The van der Waals surface area contributed by atoms with Gasteiger partial charge in [-0.05, 0) is 26.3 Å². The van der Waals surface area contributed by atoms with Crippen LogP contribution in [-0.2, 0) is 13.6 Å². The lowest BCUT2D eigenvalue weighted by Crippen LogP contribution is -2.50. The van der Waals surface area contributed by atoms with Gasteiger partial charge in [0.25, 0.3) is 0 Å². The van der Waals surface area contributed by atoms with E-state index in [2.05, 4.69) is 21.8 Å². The minimum absolute atomic E-state index is 0.583. The van der Waals surface area contributed by atoms with Gasteiger partial charge in [-0.1, -0.05) is 0 Å². The highest BCUT2D eigenvalue weighted by atomic mass is 15.4. The fourth-order valence-electron chi connectivity index (χ4n) is 3.51. The third kappa shape index (κ3) is 1.82. The maximum Gasteiger partial charge on any atom is 0.131 e. The van der Waals surface area contributed by atoms with Crippen molar-refractivity contribution in [3.8, 4) is 0 Å². The van der Waals surface area contributed by atoms with Crippen LogP contribution in [0.5, 0.6) is 0 Å². The molecule has 1 aromatic heterocycles. The predicted octanol–water partition coefficient (Wildman–Crippen LogP) is 0.472. The Labute approximate surface area is 109 Å². The van der Waals surface area contributed by atoms with Gasteiger partial charge in [-0.2, -0.15) is 5.10 Å². The van der Waals surface area contributed by atoms with Crippen LogP contribution in [0.3, 0.4) is 0 Å². The summed E-state index contributed by atoms with van der Waals surface area (Å²) in [4.78, 5) is 5.11. The highest BCUT2D eigenvalue weighted by Gasteiger charge is 2.32. The topological polar surface area (TPSA) is 50.3 Å². The van der Waals surface area contributed by atoms with Crippen molar-refractivity contribution in [2.45, 2.75) is 32.4 Å². The standard InChI is InChI=1S/C13H23N5/c1-10-12(8-14)13(16(2)15-10)18-7-6-17-5-3-4-11(17)9-18/h11H,3-9,14H2,1-2H3. The number of fused-ring (bicyclic) bond motifs is 1. The first kappa shape index (κ1) is 12.0. The van der Waals surface area contributed by atoms with Gasteiger partial charge in [0.15, 0.2) is 0 Å². The quantitative estimate of drug-likeness (QED) is 0.828. The molecule has 1 aromatic rings. The van der Waals surface area contributed by atoms with E-state index in [-0.39, 0.29) is 0 Å². The summed E-state index contributed by atoms with van der Waals surface area (Å²) in [5, 5.41) is 4.52. The zero-order valence-corrected chi connectivity index (χ0v) is 11.4. The maximum absolute atomic E-state index is 5.89. The first-order valence-electron chi connectivity index (χ1n) is 6.92. The molecule has 2 fully saturated rings. The number of aromatic nitrogens is 2. The number of piperazine rings is 1. The van der Waals surface area contributed by atoms with Crippen LogP contribution >= 0.6 is 0 Å². The molecule has 3 rings (SSSR count). The molecule has 5 heteroatoms. The van der Waals surface area contributed by atoms with Crippen LogP contribution in [0.1, 0.15) is 24.1 Å². The predicted molar refractivity (Wildman–Crippen MR) is 72.6 cm³/mol. The van der Waals surface area contributed by atoms with Crippen LogP contribution in [0.2, 0.25) is 0 Å². The Hall–Kier alpha value is -1.07. The molecule has 18 heavy (non-hydrogen) atoms. The van der Waals surface area contributed by atoms with E-state index in [0.29, 0.717) is 6.54 Å². The lowest BCUT2D eigenvalue weighted by molar-refractivity contribution is 0.229. The smallest absolute Gasteiger partial charge is 0.131 e. The van der Waals surface area contributed by atoms with E-state index in [0.717, 1.165) is 24.8 Å². The van der Waals surface area contributed by atoms with E-state index < -0.39 is 0 Å². The third-order valence-corrected chi connectivity index (χ3v) is 4.40. The first-order chi connectivity index (χ1) is 8.70. The van der Waals surface area contributed by atoms with E-state index in [9.17, 15) is 0 Å². The van der Waals surface area contributed by atoms with E-state index >= 15 is 0 Å². The Kier molecular flexibility index (Phi) is 3.03. The van der Waals surface area contributed by atoms with Crippen molar-refractivity contribution in [2.24, 2.45) is 12.8 Å². The molecule has 0 bridgehead atoms. The van der Waals surface area contributed by atoms with Gasteiger partial charge in [0.1, 0.15) is 5.82 Å². The minimum Gasteiger partial charge on any atom is -0.354 e. The fourth-order valence-corrected chi connectivity index (χ4v) is 3.51. The first-order valence-corrected chi connectivity index (χ1v) is 6.92. The number of nitrogens with zero attached hydrogens (tertiary/aromatic N) is 4. The third-order valence-electron chi connectivity index (χ3n) is 4.40. The zero-order valence-electron chi connectivity index (χ0n) is 11.4. The second-order valence-corrected chi connectivity index (χ2v) is 5.49. The van der Waals surface area contributed by atoms with E-state index in [4.69, 9.17) is 5.73 Å². The van der Waals surface area contributed by atoms with Crippen molar-refractivity contribution in [3.63, 3.8) is 0 Å². The second kappa shape index (κ2) is 4.55. The summed E-state index contributed by atoms with van der Waals surface area (Å²) in [6.45, 7) is 7.33. The van der Waals surface area contributed by atoms with Crippen molar-refractivity contribution < 1.29 is 0 Å². The molecular formula is C13H23N5. The van der Waals surface area contributed by atoms with Gasteiger partial charge in [-0.15, -0.1) is 0 Å². The number of anilines is 1. The fraction of sp³-hybridized carbons (Fsp3) is 0.769. The van der Waals surface area contributed by atoms with Crippen molar-refractivity contribution >= 4 is 5.82 Å². The van der Waals surface area contributed by atoms with Gasteiger partial charge >= 0.3 is 0 Å². The average Bonchev–Trinajstić information content (AvgIpc) is 2.91. The molecule has 1 atom stereocenters. The molecule has 2 saturated heterocycles. The molecule has 100 valence electrons. The van der Waals surface area contributed by atoms with Gasteiger partial charge in [-0.3, -0.25) is 9.58 Å². The molecule has 2 aliphatic heterocycles. The molecular weight excluding hydrogens is 226 g/mol. The maximum atomic E-state index is 5.89.